The Bertz CT molecular complexity index is 1730. The zero-order valence-corrected chi connectivity index (χ0v) is 30.0. The number of carbonyl (C=O) groups excluding carboxylic acids is 5. The van der Waals surface area contributed by atoms with Gasteiger partial charge in [-0.2, -0.15) is 26.3 Å². The minimum Gasteiger partial charge on any atom is -0.374 e. The molecule has 1 unspecified atom stereocenters. The van der Waals surface area contributed by atoms with Crippen LogP contribution in [-0.2, 0) is 40.9 Å². The highest BCUT2D eigenvalue weighted by atomic mass is 19.4. The molecular weight excluding hydrogens is 726 g/mol. The minimum atomic E-state index is -5.77. The van der Waals surface area contributed by atoms with E-state index in [1.165, 1.54) is 0 Å². The molecule has 0 aliphatic carbocycles. The van der Waals surface area contributed by atoms with Gasteiger partial charge in [0.05, 0.1) is 25.1 Å². The third-order valence-electron chi connectivity index (χ3n) is 8.50. The van der Waals surface area contributed by atoms with Gasteiger partial charge in [0.2, 0.25) is 5.91 Å². The van der Waals surface area contributed by atoms with Crippen LogP contribution in [0.25, 0.3) is 0 Å². The van der Waals surface area contributed by atoms with Gasteiger partial charge in [-0.3, -0.25) is 24.0 Å². The van der Waals surface area contributed by atoms with Gasteiger partial charge in [0.25, 0.3) is 11.8 Å². The lowest BCUT2D eigenvalue weighted by Gasteiger charge is -2.38. The van der Waals surface area contributed by atoms with E-state index in [4.69, 9.17) is 10.5 Å². The Kier molecular flexibility index (Phi) is 14.3. The molecule has 3 amide bonds. The lowest BCUT2D eigenvalue weighted by molar-refractivity contribution is -0.193. The van der Waals surface area contributed by atoms with Gasteiger partial charge >= 0.3 is 23.9 Å². The number of carbonyl (C=O) groups is 5. The summed E-state index contributed by atoms with van der Waals surface area (Å²) in [5.41, 5.74) is 5.45. The number of alkyl halides is 6. The number of nitrogens with zero attached hydrogens (tertiary/aromatic N) is 3. The number of piperidine rings is 1. The molecule has 12 nitrogen and oxygen atoms in total. The van der Waals surface area contributed by atoms with E-state index in [0.29, 0.717) is 19.0 Å². The van der Waals surface area contributed by atoms with Crippen molar-refractivity contribution in [2.24, 2.45) is 11.7 Å². The highest BCUT2D eigenvalue weighted by molar-refractivity contribution is 6.41. The van der Waals surface area contributed by atoms with Crippen LogP contribution < -0.4 is 16.4 Å². The van der Waals surface area contributed by atoms with Crippen molar-refractivity contribution in [3.05, 3.63) is 84.3 Å². The lowest BCUT2D eigenvalue weighted by Crippen LogP contribution is -2.56. The molecule has 294 valence electrons. The predicted molar refractivity (Wildman–Crippen MR) is 183 cm³/mol. The number of hydrogen-bond acceptors (Lipinski definition) is 8. The summed E-state index contributed by atoms with van der Waals surface area (Å²) in [6.45, 7) is 8.80. The summed E-state index contributed by atoms with van der Waals surface area (Å²) in [6, 6.07) is 18.1. The number of imidazole rings is 1. The fourth-order valence-corrected chi connectivity index (χ4v) is 5.16. The van der Waals surface area contributed by atoms with Gasteiger partial charge in [-0.05, 0) is 50.7 Å². The fourth-order valence-electron chi connectivity index (χ4n) is 5.16. The van der Waals surface area contributed by atoms with Crippen molar-refractivity contribution in [1.82, 2.24) is 19.8 Å². The zero-order chi connectivity index (χ0) is 40.5. The van der Waals surface area contributed by atoms with Crippen molar-refractivity contribution < 1.29 is 55.1 Å². The van der Waals surface area contributed by atoms with Gasteiger partial charge in [0.15, 0.2) is 5.82 Å². The van der Waals surface area contributed by atoms with Crippen LogP contribution in [0.2, 0.25) is 0 Å². The Hall–Kier alpha value is -5.10. The van der Waals surface area contributed by atoms with E-state index in [2.05, 4.69) is 22.5 Å². The van der Waals surface area contributed by atoms with Crippen LogP contribution >= 0.6 is 0 Å². The van der Waals surface area contributed by atoms with E-state index >= 15 is 0 Å². The van der Waals surface area contributed by atoms with E-state index in [-0.39, 0.29) is 24.9 Å². The summed E-state index contributed by atoms with van der Waals surface area (Å²) >= 11 is 0. The quantitative estimate of drug-likeness (QED) is 0.179. The Labute approximate surface area is 307 Å². The van der Waals surface area contributed by atoms with E-state index < -0.39 is 52.9 Å². The van der Waals surface area contributed by atoms with Gasteiger partial charge in [-0.15, -0.1) is 0 Å². The molecule has 0 radical (unpaired) electrons. The van der Waals surface area contributed by atoms with E-state index in [0.717, 1.165) is 24.0 Å². The first-order valence-electron chi connectivity index (χ1n) is 16.7. The zero-order valence-electron chi connectivity index (χ0n) is 30.0. The summed E-state index contributed by atoms with van der Waals surface area (Å²) in [7, 11) is 0. The average molecular weight is 769 g/mol. The number of rotatable bonds is 12. The molecular formula is C36H42F6N6O6. The average Bonchev–Trinajstić information content (AvgIpc) is 3.59. The Morgan fingerprint density at radius 2 is 1.39 bits per heavy atom. The Morgan fingerprint density at radius 1 is 0.870 bits per heavy atom. The number of amides is 3. The highest BCUT2D eigenvalue weighted by Gasteiger charge is 2.54. The summed E-state index contributed by atoms with van der Waals surface area (Å²) in [4.78, 5) is 65.6. The molecule has 0 saturated carbocycles. The molecule has 18 heteroatoms. The molecule has 54 heavy (non-hydrogen) atoms. The fraction of sp³-hybridized carbons (Fsp3) is 0.444. The smallest absolute Gasteiger partial charge is 0.374 e. The number of benzene rings is 2. The maximum absolute atomic E-state index is 14.0. The number of nitrogens with one attached hydrogen (secondary N) is 2. The molecule has 1 aliphatic heterocycles. The summed E-state index contributed by atoms with van der Waals surface area (Å²) in [6.07, 6.45) is -6.43. The largest absolute Gasteiger partial charge is 0.458 e. The molecule has 0 bridgehead atoms. The van der Waals surface area contributed by atoms with Crippen molar-refractivity contribution in [1.29, 1.82) is 0 Å². The molecule has 2 aromatic carbocycles. The topological polar surface area (TPSA) is 166 Å². The molecule has 1 fully saturated rings. The molecule has 2 heterocycles. The van der Waals surface area contributed by atoms with Crippen LogP contribution in [0, 0.1) is 5.92 Å². The summed E-state index contributed by atoms with van der Waals surface area (Å²) < 4.78 is 74.5. The second-order valence-electron chi connectivity index (χ2n) is 13.5. The van der Waals surface area contributed by atoms with E-state index in [9.17, 15) is 50.3 Å². The number of ketones is 2. The molecule has 4 N–H and O–H groups in total. The van der Waals surface area contributed by atoms with Crippen LogP contribution in [0.4, 0.5) is 32.2 Å². The summed E-state index contributed by atoms with van der Waals surface area (Å²) in [5.74, 6) is -7.01. The second-order valence-corrected chi connectivity index (χ2v) is 13.5. The maximum Gasteiger partial charge on any atom is 0.458 e. The second kappa shape index (κ2) is 17.8. The molecule has 1 aromatic heterocycles. The van der Waals surface area contributed by atoms with Crippen molar-refractivity contribution in [2.45, 2.75) is 76.6 Å². The van der Waals surface area contributed by atoms with Gasteiger partial charge in [-0.25, -0.2) is 4.98 Å². The molecule has 3 aromatic rings. The van der Waals surface area contributed by atoms with Crippen LogP contribution in [0.15, 0.2) is 73.2 Å². The molecule has 1 saturated heterocycles. The van der Waals surface area contributed by atoms with Crippen molar-refractivity contribution in [2.75, 3.05) is 25.0 Å². The lowest BCUT2D eigenvalue weighted by atomic mass is 9.88. The number of hydrogen-bond donors (Lipinski definition) is 3. The number of ether oxygens (including phenoxy) is 1. The Morgan fingerprint density at radius 3 is 1.89 bits per heavy atom. The third-order valence-corrected chi connectivity index (χ3v) is 8.50. The van der Waals surface area contributed by atoms with Crippen molar-refractivity contribution >= 4 is 35.1 Å². The van der Waals surface area contributed by atoms with Crippen molar-refractivity contribution in [3.63, 3.8) is 0 Å². The van der Waals surface area contributed by atoms with Crippen LogP contribution in [0.5, 0.6) is 0 Å². The van der Waals surface area contributed by atoms with Crippen LogP contribution in [0.1, 0.15) is 51.7 Å². The maximum atomic E-state index is 14.0. The van der Waals surface area contributed by atoms with Crippen LogP contribution in [-0.4, -0.2) is 87.4 Å². The van der Waals surface area contributed by atoms with E-state index in [1.54, 1.807) is 30.9 Å². The number of nitrogens with two attached hydrogens (primary N) is 1. The van der Waals surface area contributed by atoms with Gasteiger partial charge in [0.1, 0.15) is 11.6 Å². The number of Topliss-reactive ketones (excluding diaryl/α,β-unsaturated/α-hetero) is 2. The highest BCUT2D eigenvalue weighted by Crippen LogP contribution is 2.31. The van der Waals surface area contributed by atoms with Crippen molar-refractivity contribution in [3.8, 4) is 0 Å². The number of anilines is 1. The minimum absolute atomic E-state index is 0.0273. The predicted octanol–water partition coefficient (Wildman–Crippen LogP) is 4.53. The van der Waals surface area contributed by atoms with Gasteiger partial charge in [-0.1, -0.05) is 67.6 Å². The normalized spacial score (nSPS) is 15.6. The SMILES string of the molecule is CC1CCN(C(=O)C(C)(c2ccccc2)n2cnc(NC(=O)[C@@H](COCc3ccccc3)NC(=O)C(C)(C)N)c2)CC1.O=C(C(=O)C(F)(F)F)C(F)(F)F. The molecule has 2 atom stereocenters. The first-order chi connectivity index (χ1) is 25.0. The first-order valence-corrected chi connectivity index (χ1v) is 16.7. The molecule has 0 spiro atoms. The number of halogens is 6. The Balaban J connectivity index is 0.000000562. The number of likely N-dealkylation sites (tertiary alicyclic amines) is 1. The van der Waals surface area contributed by atoms with Gasteiger partial charge in [0, 0.05) is 19.3 Å². The first kappa shape index (κ1) is 43.3. The third kappa shape index (κ3) is 11.7. The van der Waals surface area contributed by atoms with E-state index in [1.807, 2.05) is 72.5 Å². The molecule has 4 rings (SSSR count). The number of aromatic nitrogens is 2. The van der Waals surface area contributed by atoms with Gasteiger partial charge < -0.3 is 30.6 Å². The standard InChI is InChI=1S/C32H42N6O4.C4F6O2/c1-23-15-17-37(18-16-23)30(41)32(4,25-13-9-6-10-14-25)38-19-27(34-22-38)36-28(39)26(35-29(40)31(2,3)33)21-42-20-24-11-7-5-8-12-24;5-3(6,7)1(11)2(12)4(8,9)10/h5-14,19,22-23,26H,15-18,20-21,33H2,1-4H3,(H,35,40)(H,36,39);/t26-,32?;/m1./s1. The molecule has 1 aliphatic rings. The summed E-state index contributed by atoms with van der Waals surface area (Å²) in [5, 5.41) is 5.48. The van der Waals surface area contributed by atoms with Crippen LogP contribution in [0.3, 0.4) is 0 Å². The monoisotopic (exact) mass is 768 g/mol.